The molecule has 0 aromatic heterocycles. The Morgan fingerprint density at radius 1 is 1.00 bits per heavy atom. The fourth-order valence-electron chi connectivity index (χ4n) is 1.99. The lowest BCUT2D eigenvalue weighted by atomic mass is 10.2. The molecule has 0 saturated carbocycles. The summed E-state index contributed by atoms with van der Waals surface area (Å²) in [6.07, 6.45) is 0. The number of carbonyl (C=O) groups is 2. The van der Waals surface area contributed by atoms with Crippen molar-refractivity contribution in [3.8, 4) is 5.75 Å². The molecule has 2 amide bonds. The van der Waals surface area contributed by atoms with E-state index in [2.05, 4.69) is 10.6 Å². The van der Waals surface area contributed by atoms with E-state index in [0.717, 1.165) is 16.7 Å². The summed E-state index contributed by atoms with van der Waals surface area (Å²) in [4.78, 5) is 24.3. The maximum atomic E-state index is 13.5. The third-order valence-corrected chi connectivity index (χ3v) is 4.27. The van der Waals surface area contributed by atoms with Crippen LogP contribution in [0.4, 0.5) is 18.9 Å². The molecule has 0 atom stereocenters. The first-order valence-corrected chi connectivity index (χ1v) is 8.95. The number of carbonyl (C=O) groups excluding carboxylic acids is 2. The van der Waals surface area contributed by atoms with Crippen molar-refractivity contribution >= 4 is 29.3 Å². The van der Waals surface area contributed by atoms with Gasteiger partial charge < -0.3 is 15.4 Å². The van der Waals surface area contributed by atoms with E-state index in [1.54, 1.807) is 12.1 Å². The van der Waals surface area contributed by atoms with Gasteiger partial charge in [0.25, 0.3) is 0 Å². The molecular formula is C18H17F3N2O3S. The molecular weight excluding hydrogens is 381 g/mol. The lowest BCUT2D eigenvalue weighted by Crippen LogP contribution is -2.34. The minimum absolute atomic E-state index is 0.0702. The molecule has 144 valence electrons. The number of ether oxygens (including phenoxy) is 1. The Balaban J connectivity index is 1.76. The Hall–Kier alpha value is -2.68. The Morgan fingerprint density at radius 3 is 2.37 bits per heavy atom. The van der Waals surface area contributed by atoms with Crippen LogP contribution in [-0.2, 0) is 9.59 Å². The summed E-state index contributed by atoms with van der Waals surface area (Å²) in [5, 5.41) is 4.43. The number of hydrogen-bond acceptors (Lipinski definition) is 4. The number of amides is 2. The Bertz CT molecular complexity index is 816. The van der Waals surface area contributed by atoms with Crippen LogP contribution in [0.15, 0.2) is 41.3 Å². The van der Waals surface area contributed by atoms with Crippen molar-refractivity contribution in [2.24, 2.45) is 0 Å². The molecule has 2 N–H and O–H groups in total. The fourth-order valence-corrected chi connectivity index (χ4v) is 2.72. The van der Waals surface area contributed by atoms with Crippen molar-refractivity contribution in [2.75, 3.05) is 24.2 Å². The molecule has 0 radical (unpaired) electrons. The highest BCUT2D eigenvalue weighted by molar-refractivity contribution is 8.00. The van der Waals surface area contributed by atoms with Crippen molar-refractivity contribution in [1.29, 1.82) is 0 Å². The third kappa shape index (κ3) is 6.21. The standard InChI is InChI=1S/C18H17F3N2O3S/c1-2-26-11-3-5-12(6-4-11)27-10-16(25)22-9-15(24)23-14-8-7-13(19)17(20)18(14)21/h3-8H,2,9-10H2,1H3,(H,22,25)(H,23,24). The molecule has 2 aromatic rings. The van der Waals surface area contributed by atoms with Crippen LogP contribution in [0.5, 0.6) is 5.75 Å². The first kappa shape index (κ1) is 20.6. The van der Waals surface area contributed by atoms with Crippen molar-refractivity contribution in [3.05, 3.63) is 53.8 Å². The van der Waals surface area contributed by atoms with Crippen molar-refractivity contribution in [1.82, 2.24) is 5.32 Å². The predicted octanol–water partition coefficient (Wildman–Crippen LogP) is 3.35. The first-order chi connectivity index (χ1) is 12.9. The number of hydrogen-bond donors (Lipinski definition) is 2. The second-order valence-corrected chi connectivity index (χ2v) is 6.29. The van der Waals surface area contributed by atoms with Crippen LogP contribution in [-0.4, -0.2) is 30.7 Å². The van der Waals surface area contributed by atoms with Crippen molar-refractivity contribution in [2.45, 2.75) is 11.8 Å². The zero-order chi connectivity index (χ0) is 19.8. The summed E-state index contributed by atoms with van der Waals surface area (Å²) in [6.45, 7) is 2.01. The lowest BCUT2D eigenvalue weighted by Gasteiger charge is -2.09. The lowest BCUT2D eigenvalue weighted by molar-refractivity contribution is -0.122. The molecule has 0 heterocycles. The van der Waals surface area contributed by atoms with Gasteiger partial charge in [0.05, 0.1) is 24.6 Å². The Kier molecular flexibility index (Phi) is 7.54. The zero-order valence-corrected chi connectivity index (χ0v) is 15.2. The van der Waals surface area contributed by atoms with E-state index < -0.39 is 41.5 Å². The molecule has 27 heavy (non-hydrogen) atoms. The van der Waals surface area contributed by atoms with Gasteiger partial charge in [0.2, 0.25) is 11.8 Å². The molecule has 0 saturated heterocycles. The van der Waals surface area contributed by atoms with Gasteiger partial charge in [0.15, 0.2) is 17.5 Å². The Morgan fingerprint density at radius 2 is 1.70 bits per heavy atom. The van der Waals surface area contributed by atoms with Gasteiger partial charge >= 0.3 is 0 Å². The van der Waals surface area contributed by atoms with Gasteiger partial charge in [-0.25, -0.2) is 13.2 Å². The molecule has 0 spiro atoms. The van der Waals surface area contributed by atoms with Gasteiger partial charge in [-0.15, -0.1) is 11.8 Å². The SMILES string of the molecule is CCOc1ccc(SCC(=O)NCC(=O)Nc2ccc(F)c(F)c2F)cc1. The topological polar surface area (TPSA) is 67.4 Å². The highest BCUT2D eigenvalue weighted by Gasteiger charge is 2.15. The summed E-state index contributed by atoms with van der Waals surface area (Å²) in [5.41, 5.74) is -0.503. The van der Waals surface area contributed by atoms with Gasteiger partial charge in [-0.1, -0.05) is 0 Å². The first-order valence-electron chi connectivity index (χ1n) is 7.96. The van der Waals surface area contributed by atoms with E-state index in [1.165, 1.54) is 11.8 Å². The molecule has 0 fully saturated rings. The highest BCUT2D eigenvalue weighted by Crippen LogP contribution is 2.21. The molecule has 2 rings (SSSR count). The highest BCUT2D eigenvalue weighted by atomic mass is 32.2. The smallest absolute Gasteiger partial charge is 0.243 e. The number of benzene rings is 2. The summed E-state index contributed by atoms with van der Waals surface area (Å²) in [6, 6.07) is 8.78. The summed E-state index contributed by atoms with van der Waals surface area (Å²) >= 11 is 1.27. The van der Waals surface area contributed by atoms with Crippen molar-refractivity contribution < 1.29 is 27.5 Å². The maximum Gasteiger partial charge on any atom is 0.243 e. The van der Waals surface area contributed by atoms with Crippen LogP contribution in [0.2, 0.25) is 0 Å². The van der Waals surface area contributed by atoms with E-state index in [9.17, 15) is 22.8 Å². The molecule has 2 aromatic carbocycles. The number of anilines is 1. The van der Waals surface area contributed by atoms with Crippen molar-refractivity contribution in [3.63, 3.8) is 0 Å². The number of rotatable bonds is 8. The number of nitrogens with one attached hydrogen (secondary N) is 2. The average molecular weight is 398 g/mol. The largest absolute Gasteiger partial charge is 0.494 e. The molecule has 9 heteroatoms. The molecule has 0 unspecified atom stereocenters. The van der Waals surface area contributed by atoms with Crippen LogP contribution < -0.4 is 15.4 Å². The molecule has 0 bridgehead atoms. The molecule has 0 aliphatic carbocycles. The van der Waals surface area contributed by atoms with Gasteiger partial charge in [0.1, 0.15) is 5.75 Å². The molecule has 0 aliphatic heterocycles. The van der Waals surface area contributed by atoms with Gasteiger partial charge in [-0.05, 0) is 43.3 Å². The van der Waals surface area contributed by atoms with Crippen LogP contribution in [0.1, 0.15) is 6.92 Å². The van der Waals surface area contributed by atoms with Gasteiger partial charge in [-0.3, -0.25) is 9.59 Å². The second kappa shape index (κ2) is 9.86. The summed E-state index contributed by atoms with van der Waals surface area (Å²) in [5.74, 6) is -4.91. The molecule has 5 nitrogen and oxygen atoms in total. The van der Waals surface area contributed by atoms with E-state index >= 15 is 0 Å². The minimum atomic E-state index is -1.68. The zero-order valence-electron chi connectivity index (χ0n) is 14.4. The van der Waals surface area contributed by atoms with Crippen LogP contribution in [0, 0.1) is 17.5 Å². The fraction of sp³-hybridized carbons (Fsp3) is 0.222. The normalized spacial score (nSPS) is 10.4. The van der Waals surface area contributed by atoms with Crippen LogP contribution in [0.3, 0.4) is 0 Å². The minimum Gasteiger partial charge on any atom is -0.494 e. The predicted molar refractivity (Wildman–Crippen MR) is 96.3 cm³/mol. The number of thioether (sulfide) groups is 1. The van der Waals surface area contributed by atoms with E-state index in [0.29, 0.717) is 12.7 Å². The second-order valence-electron chi connectivity index (χ2n) is 5.24. The van der Waals surface area contributed by atoms with Crippen LogP contribution >= 0.6 is 11.8 Å². The monoisotopic (exact) mass is 398 g/mol. The average Bonchev–Trinajstić information content (AvgIpc) is 2.66. The molecule has 0 aliphatic rings. The summed E-state index contributed by atoms with van der Waals surface area (Å²) < 4.78 is 44.7. The summed E-state index contributed by atoms with van der Waals surface area (Å²) in [7, 11) is 0. The van der Waals surface area contributed by atoms with Gasteiger partial charge in [0, 0.05) is 4.90 Å². The quantitative estimate of drug-likeness (QED) is 0.529. The van der Waals surface area contributed by atoms with E-state index in [-0.39, 0.29) is 5.75 Å². The van der Waals surface area contributed by atoms with E-state index in [1.807, 2.05) is 19.1 Å². The Labute approximate surface area is 158 Å². The maximum absolute atomic E-state index is 13.5. The van der Waals surface area contributed by atoms with Gasteiger partial charge in [-0.2, -0.15) is 0 Å². The third-order valence-electron chi connectivity index (χ3n) is 3.26. The number of halogens is 3. The van der Waals surface area contributed by atoms with Crippen LogP contribution in [0.25, 0.3) is 0 Å². The van der Waals surface area contributed by atoms with E-state index in [4.69, 9.17) is 4.74 Å².